The van der Waals surface area contributed by atoms with Gasteiger partial charge in [-0.2, -0.15) is 0 Å². The van der Waals surface area contributed by atoms with Gasteiger partial charge in [-0.3, -0.25) is 29.0 Å². The zero-order valence-electron chi connectivity index (χ0n) is 22.2. The number of benzene rings is 2. The first kappa shape index (κ1) is 29.6. The van der Waals surface area contributed by atoms with E-state index in [2.05, 4.69) is 10.6 Å². The van der Waals surface area contributed by atoms with Gasteiger partial charge in [0.1, 0.15) is 24.6 Å². The number of para-hydroxylation sites is 2. The first-order valence-electron chi connectivity index (χ1n) is 12.4. The minimum absolute atomic E-state index is 0.0275. The van der Waals surface area contributed by atoms with Crippen LogP contribution in [0.25, 0.3) is 0 Å². The zero-order valence-corrected chi connectivity index (χ0v) is 22.2. The molecule has 0 radical (unpaired) electrons. The quantitative estimate of drug-likeness (QED) is 0.332. The Morgan fingerprint density at radius 1 is 1.12 bits per heavy atom. The molecule has 13 nitrogen and oxygen atoms in total. The van der Waals surface area contributed by atoms with Crippen LogP contribution in [0.3, 0.4) is 0 Å². The molecule has 2 aromatic rings. The van der Waals surface area contributed by atoms with Gasteiger partial charge < -0.3 is 30.4 Å². The van der Waals surface area contributed by atoms with E-state index in [9.17, 15) is 33.9 Å². The van der Waals surface area contributed by atoms with Gasteiger partial charge in [0.2, 0.25) is 5.91 Å². The molecule has 2 atom stereocenters. The summed E-state index contributed by atoms with van der Waals surface area (Å²) >= 11 is 0. The number of carboxylic acids is 1. The van der Waals surface area contributed by atoms with Crippen molar-refractivity contribution >= 4 is 47.4 Å². The number of nitrogens with zero attached hydrogens (tertiary/aromatic N) is 2. The van der Waals surface area contributed by atoms with Crippen LogP contribution in [0, 0.1) is 13.8 Å². The van der Waals surface area contributed by atoms with E-state index >= 15 is 0 Å². The standard InChI is InChI=1S/C27H30N4O9/c1-4-40-27(39)31-12-19(29-25(37)17-9-15(2)24(36)16(3)10-17)26(38)30(20-7-5-6-8-21(20)31)13-22(33)28-18(14-32)11-23(34)35/h5-10,14,18-19,36H,4,11-13H2,1-3H3,(H,28,33)(H,29,37)(H,34,35). The second-order valence-corrected chi connectivity index (χ2v) is 9.12. The van der Waals surface area contributed by atoms with Crippen molar-refractivity contribution in [1.82, 2.24) is 10.6 Å². The molecule has 0 saturated carbocycles. The molecule has 1 aliphatic heterocycles. The fourth-order valence-corrected chi connectivity index (χ4v) is 4.28. The maximum Gasteiger partial charge on any atom is 0.414 e. The van der Waals surface area contributed by atoms with Crippen LogP contribution < -0.4 is 20.4 Å². The molecule has 13 heteroatoms. The topological polar surface area (TPSA) is 183 Å². The van der Waals surface area contributed by atoms with Gasteiger partial charge in [-0.1, -0.05) is 12.1 Å². The smallest absolute Gasteiger partial charge is 0.414 e. The summed E-state index contributed by atoms with van der Waals surface area (Å²) in [6.07, 6.45) is -1.16. The third-order valence-corrected chi connectivity index (χ3v) is 6.15. The molecule has 0 saturated heterocycles. The number of carboxylic acid groups (broad SMARTS) is 1. The molecule has 2 aromatic carbocycles. The van der Waals surface area contributed by atoms with E-state index in [-0.39, 0.29) is 42.1 Å². The number of carbonyl (C=O) groups excluding carboxylic acids is 5. The number of anilines is 2. The summed E-state index contributed by atoms with van der Waals surface area (Å²) in [5.41, 5.74) is 1.44. The maximum atomic E-state index is 13.8. The van der Waals surface area contributed by atoms with Crippen molar-refractivity contribution in [3.8, 4) is 5.75 Å². The predicted molar refractivity (Wildman–Crippen MR) is 142 cm³/mol. The predicted octanol–water partition coefficient (Wildman–Crippen LogP) is 1.28. The largest absolute Gasteiger partial charge is 0.507 e. The van der Waals surface area contributed by atoms with Gasteiger partial charge in [0.25, 0.3) is 11.8 Å². The third kappa shape index (κ3) is 6.73. The highest BCUT2D eigenvalue weighted by Crippen LogP contribution is 2.33. The molecule has 4 amide bonds. The zero-order chi connectivity index (χ0) is 29.6. The average molecular weight is 555 g/mol. The summed E-state index contributed by atoms with van der Waals surface area (Å²) in [5, 5.41) is 23.9. The van der Waals surface area contributed by atoms with Crippen LogP contribution in [0.5, 0.6) is 5.75 Å². The van der Waals surface area contributed by atoms with Crippen LogP contribution >= 0.6 is 0 Å². The van der Waals surface area contributed by atoms with Gasteiger partial charge in [-0.05, 0) is 56.2 Å². The second kappa shape index (κ2) is 12.7. The Kier molecular flexibility index (Phi) is 9.43. The van der Waals surface area contributed by atoms with Crippen LogP contribution in [-0.4, -0.2) is 78.1 Å². The number of rotatable bonds is 9. The fraction of sp³-hybridized carbons (Fsp3) is 0.333. The SMILES string of the molecule is CCOC(=O)N1CC(NC(=O)c2cc(C)c(O)c(C)c2)C(=O)N(CC(=O)NC(C=O)CC(=O)O)c2ccccc21. The summed E-state index contributed by atoms with van der Waals surface area (Å²) in [7, 11) is 0. The lowest BCUT2D eigenvalue weighted by Gasteiger charge is -2.25. The first-order chi connectivity index (χ1) is 19.0. The normalized spacial score (nSPS) is 15.4. The van der Waals surface area contributed by atoms with Crippen molar-refractivity contribution in [2.24, 2.45) is 0 Å². The lowest BCUT2D eigenvalue weighted by molar-refractivity contribution is -0.138. The van der Waals surface area contributed by atoms with E-state index in [0.717, 1.165) is 4.90 Å². The Morgan fingerprint density at radius 2 is 1.75 bits per heavy atom. The molecule has 212 valence electrons. The average Bonchev–Trinajstić information content (AvgIpc) is 3.01. The van der Waals surface area contributed by atoms with Crippen LogP contribution in [0.2, 0.25) is 0 Å². The Hall–Kier alpha value is -4.94. The summed E-state index contributed by atoms with van der Waals surface area (Å²) in [5.74, 6) is -3.51. The molecular weight excluding hydrogens is 524 g/mol. The van der Waals surface area contributed by atoms with Crippen molar-refractivity contribution in [3.05, 3.63) is 53.1 Å². The van der Waals surface area contributed by atoms with Gasteiger partial charge in [0, 0.05) is 5.56 Å². The number of aliphatic carboxylic acids is 1. The molecule has 3 rings (SSSR count). The van der Waals surface area contributed by atoms with E-state index in [1.165, 1.54) is 23.1 Å². The number of hydrogen-bond acceptors (Lipinski definition) is 8. The van der Waals surface area contributed by atoms with Gasteiger partial charge in [-0.15, -0.1) is 0 Å². The maximum absolute atomic E-state index is 13.8. The Labute approximate surface area is 229 Å². The Morgan fingerprint density at radius 3 is 2.33 bits per heavy atom. The van der Waals surface area contributed by atoms with E-state index in [4.69, 9.17) is 9.84 Å². The number of ether oxygens (including phenoxy) is 1. The number of phenolic OH excluding ortho intramolecular Hbond substituents is 1. The number of carbonyl (C=O) groups is 6. The molecule has 1 aliphatic rings. The van der Waals surface area contributed by atoms with Gasteiger partial charge >= 0.3 is 12.1 Å². The van der Waals surface area contributed by atoms with Gasteiger partial charge in [0.15, 0.2) is 0 Å². The number of phenols is 1. The fourth-order valence-electron chi connectivity index (χ4n) is 4.28. The highest BCUT2D eigenvalue weighted by Gasteiger charge is 2.38. The van der Waals surface area contributed by atoms with Gasteiger partial charge in [0.05, 0.1) is 37.0 Å². The molecular formula is C27H30N4O9. The number of amides is 4. The number of aryl methyl sites for hydroxylation is 2. The van der Waals surface area contributed by atoms with Crippen molar-refractivity contribution < 1.29 is 43.7 Å². The van der Waals surface area contributed by atoms with Gasteiger partial charge in [-0.25, -0.2) is 4.79 Å². The van der Waals surface area contributed by atoms with Crippen molar-refractivity contribution in [2.45, 2.75) is 39.3 Å². The number of nitrogens with one attached hydrogen (secondary N) is 2. The lowest BCUT2D eigenvalue weighted by Crippen LogP contribution is -2.54. The molecule has 0 aromatic heterocycles. The minimum Gasteiger partial charge on any atom is -0.507 e. The van der Waals surface area contributed by atoms with Crippen molar-refractivity contribution in [2.75, 3.05) is 29.5 Å². The Bertz CT molecular complexity index is 1320. The second-order valence-electron chi connectivity index (χ2n) is 9.12. The summed E-state index contributed by atoms with van der Waals surface area (Å²) in [4.78, 5) is 77.2. The van der Waals surface area contributed by atoms with Crippen LogP contribution in [-0.2, 0) is 23.9 Å². The molecule has 0 bridgehead atoms. The van der Waals surface area contributed by atoms with Crippen molar-refractivity contribution in [3.63, 3.8) is 0 Å². The van der Waals surface area contributed by atoms with E-state index in [0.29, 0.717) is 11.1 Å². The molecule has 0 aliphatic carbocycles. The van der Waals surface area contributed by atoms with E-state index in [1.54, 1.807) is 39.0 Å². The molecule has 40 heavy (non-hydrogen) atoms. The number of aldehydes is 1. The van der Waals surface area contributed by atoms with E-state index in [1.807, 2.05) is 0 Å². The third-order valence-electron chi connectivity index (χ3n) is 6.15. The van der Waals surface area contributed by atoms with Crippen LogP contribution in [0.4, 0.5) is 16.2 Å². The number of hydrogen-bond donors (Lipinski definition) is 4. The number of fused-ring (bicyclic) bond motifs is 1. The molecule has 1 heterocycles. The molecule has 0 fully saturated rings. The highest BCUT2D eigenvalue weighted by atomic mass is 16.6. The van der Waals surface area contributed by atoms with E-state index < -0.39 is 54.8 Å². The molecule has 0 spiro atoms. The lowest BCUT2D eigenvalue weighted by atomic mass is 10.0. The first-order valence-corrected chi connectivity index (χ1v) is 12.4. The molecule has 2 unspecified atom stereocenters. The summed E-state index contributed by atoms with van der Waals surface area (Å²) in [6, 6.07) is 6.47. The molecule has 4 N–H and O–H groups in total. The highest BCUT2D eigenvalue weighted by molar-refractivity contribution is 6.10. The number of aromatic hydroxyl groups is 1. The minimum atomic E-state index is -1.34. The van der Waals surface area contributed by atoms with Crippen LogP contribution in [0.15, 0.2) is 36.4 Å². The summed E-state index contributed by atoms with van der Waals surface area (Å²) < 4.78 is 5.18. The van der Waals surface area contributed by atoms with Crippen LogP contribution in [0.1, 0.15) is 34.8 Å². The van der Waals surface area contributed by atoms with Crippen molar-refractivity contribution in [1.29, 1.82) is 0 Å². The summed E-state index contributed by atoms with van der Waals surface area (Å²) in [6.45, 7) is 3.92. The monoisotopic (exact) mass is 554 g/mol. The Balaban J connectivity index is 2.00.